The van der Waals surface area contributed by atoms with Crippen molar-refractivity contribution in [2.24, 2.45) is 0 Å². The highest BCUT2D eigenvalue weighted by Gasteiger charge is 2.20. The number of carbonyl (C=O) groups is 1. The second-order valence-electron chi connectivity index (χ2n) is 4.47. The van der Waals surface area contributed by atoms with Gasteiger partial charge in [0.05, 0.1) is 16.1 Å². The summed E-state index contributed by atoms with van der Waals surface area (Å²) in [4.78, 5) is 22.6. The Kier molecular flexibility index (Phi) is 4.26. The molecule has 0 aliphatic rings. The first-order valence-electron chi connectivity index (χ1n) is 6.26. The second kappa shape index (κ2) is 6.29. The van der Waals surface area contributed by atoms with Crippen LogP contribution in [0.15, 0.2) is 42.5 Å². The Morgan fingerprint density at radius 3 is 2.23 bits per heavy atom. The van der Waals surface area contributed by atoms with Gasteiger partial charge in [0.1, 0.15) is 12.1 Å². The van der Waals surface area contributed by atoms with Crippen molar-refractivity contribution < 1.29 is 9.72 Å². The normalized spacial score (nSPS) is 9.55. The number of hydrogen-bond acceptors (Lipinski definition) is 5. The van der Waals surface area contributed by atoms with Crippen molar-refractivity contribution in [1.82, 2.24) is 0 Å². The average molecular weight is 291 g/mol. The third-order valence-electron chi connectivity index (χ3n) is 3.10. The summed E-state index contributed by atoms with van der Waals surface area (Å²) in [6, 6.07) is 14.2. The van der Waals surface area contributed by atoms with Crippen LogP contribution in [0.1, 0.15) is 27.0 Å². The lowest BCUT2D eigenvalue weighted by atomic mass is 9.97. The number of nitriles is 2. The molecule has 2 aromatic rings. The number of nitro benzene ring substituents is 1. The van der Waals surface area contributed by atoms with E-state index in [2.05, 4.69) is 0 Å². The first-order chi connectivity index (χ1) is 10.6. The van der Waals surface area contributed by atoms with Crippen LogP contribution < -0.4 is 0 Å². The highest BCUT2D eigenvalue weighted by molar-refractivity contribution is 5.98. The number of nitrogens with zero attached hydrogens (tertiary/aromatic N) is 3. The number of ketones is 1. The van der Waals surface area contributed by atoms with Crippen LogP contribution in [-0.2, 0) is 6.42 Å². The van der Waals surface area contributed by atoms with Crippen LogP contribution in [0.4, 0.5) is 5.69 Å². The van der Waals surface area contributed by atoms with E-state index in [-0.39, 0.29) is 34.6 Å². The summed E-state index contributed by atoms with van der Waals surface area (Å²) in [7, 11) is 0. The number of nitro groups is 1. The molecule has 0 aromatic heterocycles. The van der Waals surface area contributed by atoms with Crippen molar-refractivity contribution in [1.29, 1.82) is 10.5 Å². The van der Waals surface area contributed by atoms with E-state index in [1.165, 1.54) is 6.07 Å². The molecule has 0 heterocycles. The van der Waals surface area contributed by atoms with Gasteiger partial charge < -0.3 is 0 Å². The van der Waals surface area contributed by atoms with Crippen molar-refractivity contribution in [2.45, 2.75) is 6.42 Å². The van der Waals surface area contributed by atoms with Crippen LogP contribution in [0.2, 0.25) is 0 Å². The molecule has 0 radical (unpaired) electrons. The molecule has 6 nitrogen and oxygen atoms in total. The fraction of sp³-hybridized carbons (Fsp3) is 0.0625. The van der Waals surface area contributed by atoms with Crippen LogP contribution in [-0.4, -0.2) is 10.7 Å². The quantitative estimate of drug-likeness (QED) is 0.489. The molecule has 0 atom stereocenters. The lowest BCUT2D eigenvalue weighted by Crippen LogP contribution is -2.07. The van der Waals surface area contributed by atoms with Crippen molar-refractivity contribution in [3.05, 3.63) is 74.8 Å². The van der Waals surface area contributed by atoms with Gasteiger partial charge in [-0.3, -0.25) is 14.9 Å². The summed E-state index contributed by atoms with van der Waals surface area (Å²) in [6.07, 6.45) is -0.208. The first-order valence-corrected chi connectivity index (χ1v) is 6.26. The lowest BCUT2D eigenvalue weighted by molar-refractivity contribution is -0.385. The molecule has 2 rings (SSSR count). The zero-order valence-corrected chi connectivity index (χ0v) is 11.3. The molecule has 6 heteroatoms. The molecular formula is C16H9N3O3. The average Bonchev–Trinajstić information content (AvgIpc) is 2.54. The molecule has 0 saturated carbocycles. The maximum absolute atomic E-state index is 12.2. The molecule has 0 saturated heterocycles. The molecule has 106 valence electrons. The summed E-state index contributed by atoms with van der Waals surface area (Å²) < 4.78 is 0. The number of rotatable bonds is 4. The Balaban J connectivity index is 2.46. The largest absolute Gasteiger partial charge is 0.294 e. The molecule has 0 bridgehead atoms. The highest BCUT2D eigenvalue weighted by Crippen LogP contribution is 2.24. The van der Waals surface area contributed by atoms with Gasteiger partial charge in [-0.2, -0.15) is 10.5 Å². The van der Waals surface area contributed by atoms with Gasteiger partial charge in [-0.15, -0.1) is 0 Å². The van der Waals surface area contributed by atoms with E-state index in [1.807, 2.05) is 6.07 Å². The molecule has 0 amide bonds. The monoisotopic (exact) mass is 291 g/mol. The van der Waals surface area contributed by atoms with Gasteiger partial charge in [-0.05, 0) is 6.07 Å². The Morgan fingerprint density at radius 2 is 1.68 bits per heavy atom. The Hall–Kier alpha value is -3.51. The minimum absolute atomic E-state index is 0.0176. The van der Waals surface area contributed by atoms with Gasteiger partial charge in [-0.25, -0.2) is 0 Å². The third kappa shape index (κ3) is 2.97. The summed E-state index contributed by atoms with van der Waals surface area (Å²) in [5.74, 6) is -0.294. The van der Waals surface area contributed by atoms with E-state index in [4.69, 9.17) is 10.5 Å². The Labute approximate surface area is 126 Å². The van der Waals surface area contributed by atoms with E-state index in [1.54, 1.807) is 36.4 Å². The van der Waals surface area contributed by atoms with E-state index < -0.39 is 4.92 Å². The van der Waals surface area contributed by atoms with E-state index >= 15 is 0 Å². The molecule has 0 fully saturated rings. The van der Waals surface area contributed by atoms with Gasteiger partial charge >= 0.3 is 0 Å². The summed E-state index contributed by atoms with van der Waals surface area (Å²) in [5.41, 5.74) is 0.156. The minimum Gasteiger partial charge on any atom is -0.294 e. The van der Waals surface area contributed by atoms with Gasteiger partial charge in [0.15, 0.2) is 5.78 Å². The van der Waals surface area contributed by atoms with E-state index in [0.29, 0.717) is 5.56 Å². The van der Waals surface area contributed by atoms with Crippen LogP contribution in [0.3, 0.4) is 0 Å². The Bertz CT molecular complexity index is 830. The number of Topliss-reactive ketones (excluding diaryl/α,β-unsaturated/α-hetero) is 1. The molecule has 22 heavy (non-hydrogen) atoms. The van der Waals surface area contributed by atoms with Gasteiger partial charge in [0.25, 0.3) is 5.69 Å². The summed E-state index contributed by atoms with van der Waals surface area (Å²) in [5, 5.41) is 29.0. The zero-order chi connectivity index (χ0) is 16.1. The number of benzene rings is 2. The van der Waals surface area contributed by atoms with Crippen molar-refractivity contribution in [3.8, 4) is 12.1 Å². The molecule has 0 aliphatic carbocycles. The summed E-state index contributed by atoms with van der Waals surface area (Å²) >= 11 is 0. The number of hydrogen-bond donors (Lipinski definition) is 0. The standard InChI is InChI=1S/C16H9N3O3/c17-9-13-6-12(15(19(21)22)7-14(13)10-18)8-16(20)11-4-2-1-3-5-11/h1-7H,8H2. The van der Waals surface area contributed by atoms with Crippen molar-refractivity contribution in [2.75, 3.05) is 0 Å². The van der Waals surface area contributed by atoms with Gasteiger partial charge in [-0.1, -0.05) is 30.3 Å². The van der Waals surface area contributed by atoms with Crippen molar-refractivity contribution in [3.63, 3.8) is 0 Å². The smallest absolute Gasteiger partial charge is 0.274 e. The zero-order valence-electron chi connectivity index (χ0n) is 11.3. The first kappa shape index (κ1) is 14.9. The van der Waals surface area contributed by atoms with Crippen LogP contribution in [0.25, 0.3) is 0 Å². The third-order valence-corrected chi connectivity index (χ3v) is 3.10. The molecule has 0 spiro atoms. The van der Waals surface area contributed by atoms with Crippen LogP contribution >= 0.6 is 0 Å². The minimum atomic E-state index is -0.657. The van der Waals surface area contributed by atoms with Crippen LogP contribution in [0, 0.1) is 32.8 Å². The van der Waals surface area contributed by atoms with Gasteiger partial charge in [0, 0.05) is 23.6 Å². The Morgan fingerprint density at radius 1 is 1.09 bits per heavy atom. The molecule has 0 unspecified atom stereocenters. The maximum atomic E-state index is 12.2. The van der Waals surface area contributed by atoms with Crippen LogP contribution in [0.5, 0.6) is 0 Å². The van der Waals surface area contributed by atoms with E-state index in [0.717, 1.165) is 6.07 Å². The maximum Gasteiger partial charge on any atom is 0.274 e. The lowest BCUT2D eigenvalue weighted by Gasteiger charge is -2.05. The molecular weight excluding hydrogens is 282 g/mol. The second-order valence-corrected chi connectivity index (χ2v) is 4.47. The number of carbonyl (C=O) groups excluding carboxylic acids is 1. The van der Waals surface area contributed by atoms with Crippen molar-refractivity contribution >= 4 is 11.5 Å². The predicted octanol–water partition coefficient (Wildman–Crippen LogP) is 2.76. The van der Waals surface area contributed by atoms with Gasteiger partial charge in [0.2, 0.25) is 0 Å². The fourth-order valence-corrected chi connectivity index (χ4v) is 2.03. The highest BCUT2D eigenvalue weighted by atomic mass is 16.6. The molecule has 0 aliphatic heterocycles. The topological polar surface area (TPSA) is 108 Å². The fourth-order valence-electron chi connectivity index (χ4n) is 2.03. The predicted molar refractivity (Wildman–Crippen MR) is 77.0 cm³/mol. The molecule has 0 N–H and O–H groups in total. The summed E-state index contributed by atoms with van der Waals surface area (Å²) in [6.45, 7) is 0. The SMILES string of the molecule is N#Cc1cc(CC(=O)c2ccccc2)c([N+](=O)[O-])cc1C#N. The van der Waals surface area contributed by atoms with E-state index in [9.17, 15) is 14.9 Å². The molecule has 2 aromatic carbocycles.